The van der Waals surface area contributed by atoms with E-state index in [-0.39, 0.29) is 16.4 Å². The molecule has 0 bridgehead atoms. The molecule has 9 nitrogen and oxygen atoms in total. The number of hydrogen-bond donors (Lipinski definition) is 2. The van der Waals surface area contributed by atoms with Crippen LogP contribution in [0.5, 0.6) is 0 Å². The van der Waals surface area contributed by atoms with Crippen molar-refractivity contribution in [1.82, 2.24) is 29.1 Å². The maximum absolute atomic E-state index is 12.7. The summed E-state index contributed by atoms with van der Waals surface area (Å²) < 4.78 is 31.0. The monoisotopic (exact) mass is 378 g/mol. The Morgan fingerprint density at radius 3 is 2.65 bits per heavy atom. The maximum Gasteiger partial charge on any atom is 0.272 e. The Labute approximate surface area is 151 Å². The van der Waals surface area contributed by atoms with Crippen LogP contribution in [0.2, 0.25) is 0 Å². The number of sulfonamides is 1. The second-order valence-corrected chi connectivity index (χ2v) is 8.24. The number of rotatable bonds is 6. The van der Waals surface area contributed by atoms with Crippen LogP contribution in [0.25, 0.3) is 5.65 Å². The molecular weight excluding hydrogens is 356 g/mol. The van der Waals surface area contributed by atoms with Gasteiger partial charge in [0, 0.05) is 30.6 Å². The fourth-order valence-corrected chi connectivity index (χ4v) is 4.03. The van der Waals surface area contributed by atoms with Gasteiger partial charge in [-0.2, -0.15) is 5.10 Å². The molecule has 3 heterocycles. The minimum atomic E-state index is -3.79. The summed E-state index contributed by atoms with van der Waals surface area (Å²) in [4.78, 5) is 16.9. The van der Waals surface area contributed by atoms with Crippen molar-refractivity contribution in [3.05, 3.63) is 46.3 Å². The van der Waals surface area contributed by atoms with E-state index in [1.165, 1.54) is 27.7 Å². The Morgan fingerprint density at radius 2 is 2.04 bits per heavy atom. The van der Waals surface area contributed by atoms with Crippen molar-refractivity contribution in [2.45, 2.75) is 45.2 Å². The summed E-state index contributed by atoms with van der Waals surface area (Å²) in [6.07, 6.45) is 2.78. The van der Waals surface area contributed by atoms with Crippen molar-refractivity contribution in [2.75, 3.05) is 0 Å². The van der Waals surface area contributed by atoms with Gasteiger partial charge in [0.1, 0.15) is 4.90 Å². The molecule has 0 aromatic carbocycles. The van der Waals surface area contributed by atoms with E-state index in [0.29, 0.717) is 17.9 Å². The Balaban J connectivity index is 2.01. The van der Waals surface area contributed by atoms with E-state index < -0.39 is 16.1 Å². The van der Waals surface area contributed by atoms with E-state index in [1.807, 2.05) is 27.7 Å². The molecule has 0 radical (unpaired) electrons. The zero-order valence-corrected chi connectivity index (χ0v) is 15.9. The number of aryl methyl sites for hydroxylation is 2. The lowest BCUT2D eigenvalue weighted by Crippen LogP contribution is -2.33. The summed E-state index contributed by atoms with van der Waals surface area (Å²) in [6.45, 7) is 8.01. The van der Waals surface area contributed by atoms with E-state index in [1.54, 1.807) is 6.07 Å². The number of nitrogens with one attached hydrogen (secondary N) is 2. The second-order valence-electron chi connectivity index (χ2n) is 6.53. The number of hydrogen-bond acceptors (Lipinski definition) is 5. The summed E-state index contributed by atoms with van der Waals surface area (Å²) >= 11 is 0. The molecule has 2 N–H and O–H groups in total. The van der Waals surface area contributed by atoms with E-state index in [9.17, 15) is 13.2 Å². The van der Waals surface area contributed by atoms with Crippen LogP contribution in [0.15, 0.2) is 34.2 Å². The minimum Gasteiger partial charge on any atom is -0.294 e. The highest BCUT2D eigenvalue weighted by Crippen LogP contribution is 2.22. The first-order valence-corrected chi connectivity index (χ1v) is 9.83. The van der Waals surface area contributed by atoms with Crippen LogP contribution < -0.4 is 10.3 Å². The Morgan fingerprint density at radius 1 is 1.31 bits per heavy atom. The Hall–Kier alpha value is -2.46. The van der Waals surface area contributed by atoms with Gasteiger partial charge in [0.15, 0.2) is 5.65 Å². The third-order valence-electron chi connectivity index (χ3n) is 4.11. The summed E-state index contributed by atoms with van der Waals surface area (Å²) in [6, 6.07) is 2.45. The number of aromatic amines is 1. The quantitative estimate of drug-likeness (QED) is 0.669. The molecule has 26 heavy (non-hydrogen) atoms. The van der Waals surface area contributed by atoms with Crippen molar-refractivity contribution in [3.8, 4) is 0 Å². The molecule has 140 valence electrons. The minimum absolute atomic E-state index is 0.0836. The average molecular weight is 378 g/mol. The number of aromatic nitrogens is 5. The molecule has 0 amide bonds. The molecule has 0 saturated heterocycles. The van der Waals surface area contributed by atoms with Gasteiger partial charge in [-0.15, -0.1) is 0 Å². The molecule has 0 saturated carbocycles. The normalized spacial score (nSPS) is 13.6. The van der Waals surface area contributed by atoms with Crippen LogP contribution in [0.3, 0.4) is 0 Å². The molecule has 0 aliphatic heterocycles. The maximum atomic E-state index is 12.7. The largest absolute Gasteiger partial charge is 0.294 e. The molecule has 3 aromatic rings. The zero-order valence-electron chi connectivity index (χ0n) is 15.1. The molecule has 1 atom stereocenters. The van der Waals surface area contributed by atoms with Gasteiger partial charge in [-0.25, -0.2) is 22.6 Å². The van der Waals surface area contributed by atoms with Gasteiger partial charge in [0.25, 0.3) is 5.56 Å². The van der Waals surface area contributed by atoms with Crippen molar-refractivity contribution in [3.63, 3.8) is 0 Å². The topological polar surface area (TPSA) is 114 Å². The fourth-order valence-electron chi connectivity index (χ4n) is 2.72. The van der Waals surface area contributed by atoms with Crippen LogP contribution in [0.4, 0.5) is 0 Å². The van der Waals surface area contributed by atoms with Crippen molar-refractivity contribution < 1.29 is 8.42 Å². The summed E-state index contributed by atoms with van der Waals surface area (Å²) in [7, 11) is -3.79. The average Bonchev–Trinajstić information content (AvgIpc) is 3.18. The molecule has 3 rings (SSSR count). The highest BCUT2D eigenvalue weighted by molar-refractivity contribution is 7.89. The number of fused-ring (bicyclic) bond motifs is 1. The van der Waals surface area contributed by atoms with Crippen molar-refractivity contribution in [1.29, 1.82) is 0 Å². The third-order valence-corrected chi connectivity index (χ3v) is 5.51. The molecule has 0 aliphatic carbocycles. The van der Waals surface area contributed by atoms with Gasteiger partial charge in [-0.1, -0.05) is 13.8 Å². The Bertz CT molecular complexity index is 1090. The molecule has 0 unspecified atom stereocenters. The van der Waals surface area contributed by atoms with E-state index in [2.05, 4.69) is 19.9 Å². The van der Waals surface area contributed by atoms with Gasteiger partial charge >= 0.3 is 0 Å². The summed E-state index contributed by atoms with van der Waals surface area (Å²) in [5.74, 6) is -0.111. The molecule has 0 spiro atoms. The van der Waals surface area contributed by atoms with Crippen LogP contribution in [-0.2, 0) is 16.6 Å². The molecular formula is C16H22N6O3S. The molecule has 0 aliphatic rings. The SMILES string of the molecule is CCn1cc(S(=O)(=O)N[C@H](c2cc(=O)n3[nH]c(C)cc3n2)C(C)C)cn1. The first-order valence-electron chi connectivity index (χ1n) is 8.35. The predicted octanol–water partition coefficient (Wildman–Crippen LogP) is 1.22. The highest BCUT2D eigenvalue weighted by Gasteiger charge is 2.27. The lowest BCUT2D eigenvalue weighted by atomic mass is 10.0. The first kappa shape index (κ1) is 18.3. The third kappa shape index (κ3) is 3.42. The number of nitrogens with zero attached hydrogens (tertiary/aromatic N) is 4. The summed E-state index contributed by atoms with van der Waals surface area (Å²) in [5, 5.41) is 6.91. The van der Waals surface area contributed by atoms with Gasteiger partial charge in [0.2, 0.25) is 10.0 Å². The van der Waals surface area contributed by atoms with Gasteiger partial charge in [-0.3, -0.25) is 14.6 Å². The van der Waals surface area contributed by atoms with Crippen molar-refractivity contribution >= 4 is 15.7 Å². The van der Waals surface area contributed by atoms with Gasteiger partial charge in [-0.05, 0) is 19.8 Å². The van der Waals surface area contributed by atoms with Crippen LogP contribution in [-0.4, -0.2) is 32.8 Å². The zero-order chi connectivity index (χ0) is 19.1. The molecule has 3 aromatic heterocycles. The Kier molecular flexibility index (Phi) is 4.72. The summed E-state index contributed by atoms with van der Waals surface area (Å²) in [5.41, 5.74) is 1.34. The second kappa shape index (κ2) is 6.69. The van der Waals surface area contributed by atoms with E-state index in [0.717, 1.165) is 5.69 Å². The standard InChI is InChI=1S/C16H22N6O3S/c1-5-21-9-12(8-17-21)26(24,25)20-16(10(2)3)13-7-15(23)22-14(18-13)6-11(4)19-22/h6-10,16,19-20H,5H2,1-4H3/t16-/m0/s1. The van der Waals surface area contributed by atoms with Gasteiger partial charge < -0.3 is 0 Å². The lowest BCUT2D eigenvalue weighted by Gasteiger charge is -2.21. The fraction of sp³-hybridized carbons (Fsp3) is 0.438. The van der Waals surface area contributed by atoms with Crippen LogP contribution >= 0.6 is 0 Å². The molecule has 10 heteroatoms. The van der Waals surface area contributed by atoms with Crippen molar-refractivity contribution in [2.24, 2.45) is 5.92 Å². The first-order chi connectivity index (χ1) is 12.2. The molecule has 0 fully saturated rings. The van der Waals surface area contributed by atoms with E-state index in [4.69, 9.17) is 0 Å². The predicted molar refractivity (Wildman–Crippen MR) is 96.4 cm³/mol. The number of H-pyrrole nitrogens is 1. The lowest BCUT2D eigenvalue weighted by molar-refractivity contribution is 0.453. The van der Waals surface area contributed by atoms with Crippen LogP contribution in [0.1, 0.15) is 38.2 Å². The smallest absolute Gasteiger partial charge is 0.272 e. The van der Waals surface area contributed by atoms with E-state index >= 15 is 0 Å². The van der Waals surface area contributed by atoms with Crippen LogP contribution in [0, 0.1) is 12.8 Å². The van der Waals surface area contributed by atoms with Gasteiger partial charge in [0.05, 0.1) is 17.9 Å². The highest BCUT2D eigenvalue weighted by atomic mass is 32.2.